The molecule has 5 nitrogen and oxygen atoms in total. The average Bonchev–Trinajstić information content (AvgIpc) is 3.31. The summed E-state index contributed by atoms with van der Waals surface area (Å²) in [6, 6.07) is 7.31. The van der Waals surface area contributed by atoms with E-state index in [2.05, 4.69) is 38.7 Å². The zero-order valence-corrected chi connectivity index (χ0v) is 14.4. The van der Waals surface area contributed by atoms with Crippen LogP contribution in [0.5, 0.6) is 0 Å². The fraction of sp³-hybridized carbons (Fsp3) is 0.400. The standard InChI is InChI=1S/C20H22N4O/c1-12-17-9-14(10-22-20(17)24-23-12)13-7-15-11-25-6-4-16(15)18(8-13)19-3-2-5-21-19/h7-10,19,21H,2-6,11H2,1H3,(H,22,23,24). The Morgan fingerprint density at radius 3 is 3.04 bits per heavy atom. The number of hydrogen-bond acceptors (Lipinski definition) is 4. The lowest BCUT2D eigenvalue weighted by molar-refractivity contribution is 0.110. The van der Waals surface area contributed by atoms with Gasteiger partial charge in [-0.25, -0.2) is 4.98 Å². The summed E-state index contributed by atoms with van der Waals surface area (Å²) in [5.74, 6) is 0. The van der Waals surface area contributed by atoms with Gasteiger partial charge in [0.05, 0.1) is 18.9 Å². The maximum Gasteiger partial charge on any atom is 0.155 e. The van der Waals surface area contributed by atoms with Crippen molar-refractivity contribution in [2.24, 2.45) is 0 Å². The number of fused-ring (bicyclic) bond motifs is 2. The first-order valence-corrected chi connectivity index (χ1v) is 9.07. The van der Waals surface area contributed by atoms with Gasteiger partial charge >= 0.3 is 0 Å². The maximum absolute atomic E-state index is 5.73. The van der Waals surface area contributed by atoms with Gasteiger partial charge in [0, 0.05) is 23.2 Å². The quantitative estimate of drug-likeness (QED) is 0.754. The Labute approximate surface area is 146 Å². The summed E-state index contributed by atoms with van der Waals surface area (Å²) in [7, 11) is 0. The Morgan fingerprint density at radius 2 is 2.16 bits per heavy atom. The van der Waals surface area contributed by atoms with Crippen LogP contribution in [-0.4, -0.2) is 28.3 Å². The van der Waals surface area contributed by atoms with Crippen LogP contribution in [0.3, 0.4) is 0 Å². The summed E-state index contributed by atoms with van der Waals surface area (Å²) in [5, 5.41) is 12.0. The highest BCUT2D eigenvalue weighted by Crippen LogP contribution is 2.35. The van der Waals surface area contributed by atoms with Crippen molar-refractivity contribution in [3.8, 4) is 11.1 Å². The fourth-order valence-corrected chi connectivity index (χ4v) is 4.16. The van der Waals surface area contributed by atoms with Crippen molar-refractivity contribution in [1.82, 2.24) is 20.5 Å². The van der Waals surface area contributed by atoms with Crippen LogP contribution in [-0.2, 0) is 17.8 Å². The normalized spacial score (nSPS) is 20.1. The van der Waals surface area contributed by atoms with Gasteiger partial charge in [-0.05, 0) is 73.2 Å². The number of rotatable bonds is 2. The van der Waals surface area contributed by atoms with Crippen molar-refractivity contribution in [3.05, 3.63) is 46.8 Å². The van der Waals surface area contributed by atoms with Gasteiger partial charge in [0.1, 0.15) is 0 Å². The summed E-state index contributed by atoms with van der Waals surface area (Å²) < 4.78 is 5.73. The summed E-state index contributed by atoms with van der Waals surface area (Å²) >= 11 is 0. The van der Waals surface area contributed by atoms with Crippen LogP contribution in [0.4, 0.5) is 0 Å². The van der Waals surface area contributed by atoms with Crippen molar-refractivity contribution in [1.29, 1.82) is 0 Å². The molecule has 2 N–H and O–H groups in total. The molecule has 2 aromatic heterocycles. The van der Waals surface area contributed by atoms with Crippen molar-refractivity contribution in [2.75, 3.05) is 13.2 Å². The molecule has 0 bridgehead atoms. The van der Waals surface area contributed by atoms with E-state index in [1.54, 1.807) is 0 Å². The van der Waals surface area contributed by atoms with E-state index in [1.165, 1.54) is 35.1 Å². The van der Waals surface area contributed by atoms with Crippen molar-refractivity contribution < 1.29 is 4.74 Å². The molecule has 2 aliphatic heterocycles. The predicted molar refractivity (Wildman–Crippen MR) is 97.4 cm³/mol. The zero-order chi connectivity index (χ0) is 16.8. The Kier molecular flexibility index (Phi) is 3.57. The second-order valence-electron chi connectivity index (χ2n) is 7.08. The highest BCUT2D eigenvalue weighted by molar-refractivity contribution is 5.83. The molecule has 25 heavy (non-hydrogen) atoms. The van der Waals surface area contributed by atoms with Crippen LogP contribution < -0.4 is 5.32 Å². The Morgan fingerprint density at radius 1 is 1.20 bits per heavy atom. The average molecular weight is 334 g/mol. The van der Waals surface area contributed by atoms with Crippen molar-refractivity contribution in [3.63, 3.8) is 0 Å². The van der Waals surface area contributed by atoms with Gasteiger partial charge in [-0.1, -0.05) is 0 Å². The summed E-state index contributed by atoms with van der Waals surface area (Å²) in [6.07, 6.45) is 5.43. The van der Waals surface area contributed by atoms with Crippen LogP contribution in [0.15, 0.2) is 24.4 Å². The van der Waals surface area contributed by atoms with Crippen molar-refractivity contribution >= 4 is 11.0 Å². The van der Waals surface area contributed by atoms with E-state index in [4.69, 9.17) is 4.74 Å². The van der Waals surface area contributed by atoms with Crippen LogP contribution in [0.2, 0.25) is 0 Å². The predicted octanol–water partition coefficient (Wildman–Crippen LogP) is 3.43. The number of aromatic nitrogens is 3. The summed E-state index contributed by atoms with van der Waals surface area (Å²) in [6.45, 7) is 4.66. The van der Waals surface area contributed by atoms with E-state index in [0.29, 0.717) is 12.6 Å². The van der Waals surface area contributed by atoms with Crippen LogP contribution in [0, 0.1) is 6.92 Å². The fourth-order valence-electron chi connectivity index (χ4n) is 4.16. The van der Waals surface area contributed by atoms with E-state index < -0.39 is 0 Å². The third-order valence-electron chi connectivity index (χ3n) is 5.51. The minimum atomic E-state index is 0.471. The lowest BCUT2D eigenvalue weighted by Gasteiger charge is -2.24. The minimum absolute atomic E-state index is 0.471. The molecule has 1 atom stereocenters. The monoisotopic (exact) mass is 334 g/mol. The van der Waals surface area contributed by atoms with Gasteiger partial charge in [-0.2, -0.15) is 5.10 Å². The van der Waals surface area contributed by atoms with Gasteiger partial charge in [-0.3, -0.25) is 5.10 Å². The molecule has 0 spiro atoms. The molecular weight excluding hydrogens is 312 g/mol. The highest BCUT2D eigenvalue weighted by Gasteiger charge is 2.24. The first-order chi connectivity index (χ1) is 12.3. The molecule has 5 heteroatoms. The third-order valence-corrected chi connectivity index (χ3v) is 5.51. The first kappa shape index (κ1) is 15.0. The van der Waals surface area contributed by atoms with E-state index in [0.717, 1.165) is 41.9 Å². The third kappa shape index (κ3) is 2.55. The molecule has 0 aliphatic carbocycles. The SMILES string of the molecule is Cc1n[nH]c2ncc(-c3cc4c(c(C5CCCN5)c3)CCOC4)cc12. The number of pyridine rings is 1. The second-order valence-corrected chi connectivity index (χ2v) is 7.08. The molecule has 1 saturated heterocycles. The number of nitrogens with one attached hydrogen (secondary N) is 2. The highest BCUT2D eigenvalue weighted by atomic mass is 16.5. The largest absolute Gasteiger partial charge is 0.376 e. The van der Waals surface area contributed by atoms with E-state index >= 15 is 0 Å². The zero-order valence-electron chi connectivity index (χ0n) is 14.4. The Hall–Kier alpha value is -2.24. The number of nitrogens with zero attached hydrogens (tertiary/aromatic N) is 2. The number of aryl methyl sites for hydroxylation is 1. The van der Waals surface area contributed by atoms with Crippen molar-refractivity contribution in [2.45, 2.75) is 38.8 Å². The Bertz CT molecular complexity index is 940. The summed E-state index contributed by atoms with van der Waals surface area (Å²) in [4.78, 5) is 4.55. The van der Waals surface area contributed by atoms with Gasteiger partial charge < -0.3 is 10.1 Å². The Balaban J connectivity index is 1.66. The lowest BCUT2D eigenvalue weighted by Crippen LogP contribution is -2.19. The van der Waals surface area contributed by atoms with E-state index in [9.17, 15) is 0 Å². The molecule has 5 rings (SSSR count). The molecule has 1 aromatic carbocycles. The number of ether oxygens (including phenoxy) is 1. The number of aromatic amines is 1. The topological polar surface area (TPSA) is 62.8 Å². The molecule has 1 fully saturated rings. The van der Waals surface area contributed by atoms with Crippen LogP contribution in [0.25, 0.3) is 22.2 Å². The smallest absolute Gasteiger partial charge is 0.155 e. The minimum Gasteiger partial charge on any atom is -0.376 e. The first-order valence-electron chi connectivity index (χ1n) is 9.07. The number of benzene rings is 1. The van der Waals surface area contributed by atoms with Gasteiger partial charge in [-0.15, -0.1) is 0 Å². The summed E-state index contributed by atoms with van der Waals surface area (Å²) in [5.41, 5.74) is 8.48. The molecular formula is C20H22N4O. The number of hydrogen-bond donors (Lipinski definition) is 2. The molecule has 128 valence electrons. The van der Waals surface area contributed by atoms with Crippen LogP contribution >= 0.6 is 0 Å². The molecule has 3 aromatic rings. The van der Waals surface area contributed by atoms with Crippen LogP contribution in [0.1, 0.15) is 41.3 Å². The van der Waals surface area contributed by atoms with Gasteiger partial charge in [0.15, 0.2) is 5.65 Å². The molecule has 2 aliphatic rings. The van der Waals surface area contributed by atoms with E-state index in [1.807, 2.05) is 13.1 Å². The number of H-pyrrole nitrogens is 1. The van der Waals surface area contributed by atoms with Gasteiger partial charge in [0.2, 0.25) is 0 Å². The molecule has 0 radical (unpaired) electrons. The molecule has 0 saturated carbocycles. The molecule has 4 heterocycles. The lowest BCUT2D eigenvalue weighted by atomic mass is 9.88. The molecule has 0 amide bonds. The van der Waals surface area contributed by atoms with E-state index in [-0.39, 0.29) is 0 Å². The maximum atomic E-state index is 5.73. The van der Waals surface area contributed by atoms with Gasteiger partial charge in [0.25, 0.3) is 0 Å². The molecule has 1 unspecified atom stereocenters. The second kappa shape index (κ2) is 5.93.